The van der Waals surface area contributed by atoms with Gasteiger partial charge in [0.05, 0.1) is 5.56 Å². The zero-order valence-corrected chi connectivity index (χ0v) is 9.50. The summed E-state index contributed by atoms with van der Waals surface area (Å²) in [4.78, 5) is 11.8. The third-order valence-corrected chi connectivity index (χ3v) is 2.81. The Kier molecular flexibility index (Phi) is 2.59. The Bertz CT molecular complexity index is 374. The van der Waals surface area contributed by atoms with Gasteiger partial charge in [-0.05, 0) is 24.6 Å². The van der Waals surface area contributed by atoms with Crippen molar-refractivity contribution in [3.63, 3.8) is 0 Å². The van der Waals surface area contributed by atoms with Gasteiger partial charge >= 0.3 is 0 Å². The maximum atomic E-state index is 11.8. The van der Waals surface area contributed by atoms with E-state index in [1.54, 1.807) is 0 Å². The van der Waals surface area contributed by atoms with Crippen LogP contribution in [0.4, 0.5) is 0 Å². The normalized spacial score (nSPS) is 19.3. The standard InChI is InChI=1S/C11H11BrO2/c1-2-3-10-11(13)8-6-7(12)4-5-9(8)14-10/h4-6,10H,2-3H2,1H3. The molecule has 0 aliphatic carbocycles. The highest BCUT2D eigenvalue weighted by molar-refractivity contribution is 9.10. The molecule has 0 saturated carbocycles. The fraction of sp³-hybridized carbons (Fsp3) is 0.364. The minimum atomic E-state index is -0.260. The summed E-state index contributed by atoms with van der Waals surface area (Å²) < 4.78 is 6.47. The molecule has 0 radical (unpaired) electrons. The van der Waals surface area contributed by atoms with Crippen LogP contribution in [0.3, 0.4) is 0 Å². The average molecular weight is 255 g/mol. The Hall–Kier alpha value is -0.830. The fourth-order valence-electron chi connectivity index (χ4n) is 1.63. The first-order valence-electron chi connectivity index (χ1n) is 4.72. The van der Waals surface area contributed by atoms with Gasteiger partial charge in [-0.1, -0.05) is 29.3 Å². The van der Waals surface area contributed by atoms with Crippen molar-refractivity contribution in [3.8, 4) is 5.75 Å². The molecule has 0 spiro atoms. The lowest BCUT2D eigenvalue weighted by Crippen LogP contribution is -2.19. The van der Waals surface area contributed by atoms with Gasteiger partial charge in [0.15, 0.2) is 6.10 Å². The summed E-state index contributed by atoms with van der Waals surface area (Å²) in [5, 5.41) is 0. The molecular formula is C11H11BrO2. The zero-order chi connectivity index (χ0) is 10.1. The van der Waals surface area contributed by atoms with Crippen molar-refractivity contribution in [1.29, 1.82) is 0 Å². The van der Waals surface area contributed by atoms with E-state index in [4.69, 9.17) is 4.74 Å². The Morgan fingerprint density at radius 1 is 1.50 bits per heavy atom. The molecular weight excluding hydrogens is 244 g/mol. The first-order chi connectivity index (χ1) is 6.72. The van der Waals surface area contributed by atoms with Crippen molar-refractivity contribution in [2.75, 3.05) is 0 Å². The molecule has 0 bridgehead atoms. The highest BCUT2D eigenvalue weighted by Gasteiger charge is 2.31. The lowest BCUT2D eigenvalue weighted by molar-refractivity contribution is 0.0845. The van der Waals surface area contributed by atoms with E-state index >= 15 is 0 Å². The van der Waals surface area contributed by atoms with Crippen molar-refractivity contribution in [3.05, 3.63) is 28.2 Å². The second kappa shape index (κ2) is 3.73. The van der Waals surface area contributed by atoms with Crippen LogP contribution in [0.15, 0.2) is 22.7 Å². The fourth-order valence-corrected chi connectivity index (χ4v) is 1.99. The molecule has 1 aromatic rings. The van der Waals surface area contributed by atoms with E-state index in [-0.39, 0.29) is 11.9 Å². The topological polar surface area (TPSA) is 26.3 Å². The van der Waals surface area contributed by atoms with Gasteiger partial charge in [0.2, 0.25) is 5.78 Å². The van der Waals surface area contributed by atoms with Crippen LogP contribution in [0.25, 0.3) is 0 Å². The zero-order valence-electron chi connectivity index (χ0n) is 7.92. The van der Waals surface area contributed by atoms with E-state index in [2.05, 4.69) is 22.9 Å². The van der Waals surface area contributed by atoms with E-state index in [9.17, 15) is 4.79 Å². The van der Waals surface area contributed by atoms with Crippen molar-refractivity contribution >= 4 is 21.7 Å². The Labute approximate surface area is 91.4 Å². The SMILES string of the molecule is CCCC1Oc2ccc(Br)cc2C1=O. The summed E-state index contributed by atoms with van der Waals surface area (Å²) in [6, 6.07) is 5.56. The molecule has 14 heavy (non-hydrogen) atoms. The van der Waals surface area contributed by atoms with Crippen LogP contribution in [0.2, 0.25) is 0 Å². The molecule has 1 aromatic carbocycles. The number of ether oxygens (including phenoxy) is 1. The molecule has 74 valence electrons. The molecule has 1 heterocycles. The van der Waals surface area contributed by atoms with Gasteiger partial charge in [-0.25, -0.2) is 0 Å². The minimum absolute atomic E-state index is 0.114. The third kappa shape index (κ3) is 1.57. The van der Waals surface area contributed by atoms with Crippen LogP contribution >= 0.6 is 15.9 Å². The quantitative estimate of drug-likeness (QED) is 0.811. The highest BCUT2D eigenvalue weighted by atomic mass is 79.9. The molecule has 0 fully saturated rings. The summed E-state index contributed by atoms with van der Waals surface area (Å²) in [6.45, 7) is 2.05. The number of ketones is 1. The molecule has 1 aliphatic heterocycles. The van der Waals surface area contributed by atoms with Gasteiger partial charge < -0.3 is 4.74 Å². The summed E-state index contributed by atoms with van der Waals surface area (Å²) in [7, 11) is 0. The molecule has 1 atom stereocenters. The van der Waals surface area contributed by atoms with Gasteiger partial charge in [-0.2, -0.15) is 0 Å². The smallest absolute Gasteiger partial charge is 0.207 e. The van der Waals surface area contributed by atoms with Gasteiger partial charge in [-0.15, -0.1) is 0 Å². The largest absolute Gasteiger partial charge is 0.482 e. The maximum absolute atomic E-state index is 11.8. The van der Waals surface area contributed by atoms with Gasteiger partial charge in [0.25, 0.3) is 0 Å². The second-order valence-electron chi connectivity index (χ2n) is 3.40. The first-order valence-corrected chi connectivity index (χ1v) is 5.52. The summed E-state index contributed by atoms with van der Waals surface area (Å²) in [6.07, 6.45) is 1.50. The van der Waals surface area contributed by atoms with Crippen molar-refractivity contribution in [1.82, 2.24) is 0 Å². The predicted molar refractivity (Wildman–Crippen MR) is 57.8 cm³/mol. The second-order valence-corrected chi connectivity index (χ2v) is 4.32. The Morgan fingerprint density at radius 2 is 2.29 bits per heavy atom. The molecule has 0 aromatic heterocycles. The van der Waals surface area contributed by atoms with Crippen LogP contribution in [0, 0.1) is 0 Å². The Balaban J connectivity index is 2.31. The van der Waals surface area contributed by atoms with Gasteiger partial charge in [0, 0.05) is 4.47 Å². The van der Waals surface area contributed by atoms with Gasteiger partial charge in [-0.3, -0.25) is 4.79 Å². The number of Topliss-reactive ketones (excluding diaryl/α,β-unsaturated/α-hetero) is 1. The van der Waals surface area contributed by atoms with Crippen molar-refractivity contribution < 1.29 is 9.53 Å². The van der Waals surface area contributed by atoms with Crippen LogP contribution in [-0.2, 0) is 0 Å². The van der Waals surface area contributed by atoms with E-state index in [1.807, 2.05) is 18.2 Å². The minimum Gasteiger partial charge on any atom is -0.482 e. The predicted octanol–water partition coefficient (Wildman–Crippen LogP) is 3.19. The summed E-state index contributed by atoms with van der Waals surface area (Å²) >= 11 is 3.34. The van der Waals surface area contributed by atoms with Crippen LogP contribution in [0.5, 0.6) is 5.75 Å². The van der Waals surface area contributed by atoms with E-state index in [0.717, 1.165) is 23.1 Å². The number of halogens is 1. The number of hydrogen-bond acceptors (Lipinski definition) is 2. The lowest BCUT2D eigenvalue weighted by Gasteiger charge is -2.06. The van der Waals surface area contributed by atoms with Crippen LogP contribution in [0.1, 0.15) is 30.1 Å². The molecule has 1 unspecified atom stereocenters. The molecule has 0 N–H and O–H groups in total. The number of hydrogen-bond donors (Lipinski definition) is 0. The molecule has 0 amide bonds. The lowest BCUT2D eigenvalue weighted by atomic mass is 10.1. The van der Waals surface area contributed by atoms with E-state index in [0.29, 0.717) is 5.56 Å². The highest BCUT2D eigenvalue weighted by Crippen LogP contribution is 2.32. The van der Waals surface area contributed by atoms with Crippen LogP contribution < -0.4 is 4.74 Å². The summed E-state index contributed by atoms with van der Waals surface area (Å²) in [5.74, 6) is 0.833. The number of carbonyl (C=O) groups excluding carboxylic acids is 1. The summed E-state index contributed by atoms with van der Waals surface area (Å²) in [5.41, 5.74) is 0.706. The van der Waals surface area contributed by atoms with E-state index < -0.39 is 0 Å². The van der Waals surface area contributed by atoms with Crippen molar-refractivity contribution in [2.45, 2.75) is 25.9 Å². The number of carbonyl (C=O) groups is 1. The average Bonchev–Trinajstić information content (AvgIpc) is 2.46. The monoisotopic (exact) mass is 254 g/mol. The molecule has 0 saturated heterocycles. The number of fused-ring (bicyclic) bond motifs is 1. The first kappa shape index (κ1) is 9.71. The third-order valence-electron chi connectivity index (χ3n) is 2.32. The molecule has 2 nitrogen and oxygen atoms in total. The van der Waals surface area contributed by atoms with E-state index in [1.165, 1.54) is 0 Å². The molecule has 3 heteroatoms. The maximum Gasteiger partial charge on any atom is 0.207 e. The molecule has 1 aliphatic rings. The van der Waals surface area contributed by atoms with Crippen LogP contribution in [-0.4, -0.2) is 11.9 Å². The number of rotatable bonds is 2. The Morgan fingerprint density at radius 3 is 3.00 bits per heavy atom. The molecule has 2 rings (SSSR count). The number of benzene rings is 1. The van der Waals surface area contributed by atoms with Crippen molar-refractivity contribution in [2.24, 2.45) is 0 Å². The van der Waals surface area contributed by atoms with Gasteiger partial charge in [0.1, 0.15) is 5.75 Å².